The maximum atomic E-state index is 13.7. The number of amides is 1. The van der Waals surface area contributed by atoms with Crippen LogP contribution >= 0.6 is 0 Å². The number of aliphatic hydroxyl groups is 1. The third kappa shape index (κ3) is 3.11. The molecule has 1 aliphatic heterocycles. The van der Waals surface area contributed by atoms with Crippen LogP contribution < -0.4 is 5.32 Å². The molecular formula is C14H19FN2O2. The average molecular weight is 266 g/mol. The van der Waals surface area contributed by atoms with E-state index in [1.54, 1.807) is 13.1 Å². The number of hydrogen-bond acceptors (Lipinski definition) is 3. The molecule has 1 amide bonds. The van der Waals surface area contributed by atoms with E-state index >= 15 is 0 Å². The van der Waals surface area contributed by atoms with Crippen molar-refractivity contribution in [2.75, 3.05) is 26.7 Å². The monoisotopic (exact) mass is 266 g/mol. The Balaban J connectivity index is 2.12. The van der Waals surface area contributed by atoms with Crippen molar-refractivity contribution < 1.29 is 14.3 Å². The first-order valence-corrected chi connectivity index (χ1v) is 6.36. The summed E-state index contributed by atoms with van der Waals surface area (Å²) in [5, 5.41) is 13.3. The van der Waals surface area contributed by atoms with E-state index in [0.717, 1.165) is 12.1 Å². The molecule has 1 saturated heterocycles. The fourth-order valence-electron chi connectivity index (χ4n) is 2.39. The molecule has 2 N–H and O–H groups in total. The minimum Gasteiger partial charge on any atom is -0.387 e. The van der Waals surface area contributed by atoms with Gasteiger partial charge in [-0.3, -0.25) is 4.79 Å². The fraction of sp³-hybridized carbons (Fsp3) is 0.500. The van der Waals surface area contributed by atoms with Crippen LogP contribution in [0.15, 0.2) is 18.2 Å². The van der Waals surface area contributed by atoms with E-state index in [2.05, 4.69) is 5.32 Å². The van der Waals surface area contributed by atoms with Crippen LogP contribution in [0.25, 0.3) is 0 Å². The van der Waals surface area contributed by atoms with Gasteiger partial charge < -0.3 is 15.3 Å². The van der Waals surface area contributed by atoms with E-state index in [1.165, 1.54) is 17.0 Å². The molecular weight excluding hydrogens is 247 g/mol. The van der Waals surface area contributed by atoms with Crippen molar-refractivity contribution in [3.63, 3.8) is 0 Å². The maximum Gasteiger partial charge on any atom is 0.256 e. The first-order valence-electron chi connectivity index (χ1n) is 6.36. The summed E-state index contributed by atoms with van der Waals surface area (Å²) < 4.78 is 13.7. The topological polar surface area (TPSA) is 52.6 Å². The number of rotatable bonds is 3. The van der Waals surface area contributed by atoms with Gasteiger partial charge in [-0.15, -0.1) is 0 Å². The predicted octanol–water partition coefficient (Wildman–Crippen LogP) is 0.931. The Morgan fingerprint density at radius 1 is 1.58 bits per heavy atom. The molecule has 1 atom stereocenters. The van der Waals surface area contributed by atoms with Gasteiger partial charge in [-0.1, -0.05) is 11.6 Å². The van der Waals surface area contributed by atoms with Crippen LogP contribution in [0.3, 0.4) is 0 Å². The third-order valence-electron chi connectivity index (χ3n) is 3.45. The van der Waals surface area contributed by atoms with Gasteiger partial charge in [0.1, 0.15) is 5.82 Å². The lowest BCUT2D eigenvalue weighted by molar-refractivity contribution is 0.0250. The second-order valence-corrected chi connectivity index (χ2v) is 5.30. The summed E-state index contributed by atoms with van der Waals surface area (Å²) >= 11 is 0. The summed E-state index contributed by atoms with van der Waals surface area (Å²) in [6.07, 6.45) is 0.598. The molecule has 4 nitrogen and oxygen atoms in total. The molecule has 2 rings (SSSR count). The van der Waals surface area contributed by atoms with Crippen molar-refractivity contribution >= 4 is 5.91 Å². The van der Waals surface area contributed by atoms with Gasteiger partial charge in [-0.2, -0.15) is 0 Å². The van der Waals surface area contributed by atoms with Crippen molar-refractivity contribution in [2.24, 2.45) is 0 Å². The second-order valence-electron chi connectivity index (χ2n) is 5.30. The maximum absolute atomic E-state index is 13.7. The quantitative estimate of drug-likeness (QED) is 0.856. The molecule has 5 heteroatoms. The molecule has 1 fully saturated rings. The Morgan fingerprint density at radius 2 is 2.32 bits per heavy atom. The Hall–Kier alpha value is -1.46. The van der Waals surface area contributed by atoms with Crippen LogP contribution in [0.2, 0.25) is 0 Å². The van der Waals surface area contributed by atoms with Gasteiger partial charge in [0.05, 0.1) is 17.7 Å². The van der Waals surface area contributed by atoms with E-state index in [-0.39, 0.29) is 12.1 Å². The normalized spacial score (nSPS) is 22.5. The minimum absolute atomic E-state index is 0.0528. The van der Waals surface area contributed by atoms with E-state index in [9.17, 15) is 14.3 Å². The first kappa shape index (κ1) is 14.0. The highest BCUT2D eigenvalue weighted by Crippen LogP contribution is 2.18. The van der Waals surface area contributed by atoms with Gasteiger partial charge in [0.2, 0.25) is 0 Å². The standard InChI is InChI=1S/C14H19FN2O2/c1-10-3-4-12(15)11(7-10)13(18)17(2)9-14(19)5-6-16-8-14/h3-4,7,16,19H,5-6,8-9H2,1-2H3. The number of β-amino-alcohol motifs (C(OH)–C–C–N with tert-alkyl or cyclic N) is 1. The van der Waals surface area contributed by atoms with E-state index in [1.807, 2.05) is 6.92 Å². The van der Waals surface area contributed by atoms with Crippen molar-refractivity contribution in [1.29, 1.82) is 0 Å². The zero-order chi connectivity index (χ0) is 14.0. The Bertz CT molecular complexity index is 484. The molecule has 0 bridgehead atoms. The first-order chi connectivity index (χ1) is 8.91. The second kappa shape index (κ2) is 5.27. The van der Waals surface area contributed by atoms with Crippen molar-refractivity contribution in [2.45, 2.75) is 18.9 Å². The number of nitrogens with zero attached hydrogens (tertiary/aromatic N) is 1. The van der Waals surface area contributed by atoms with E-state index in [4.69, 9.17) is 0 Å². The SMILES string of the molecule is Cc1ccc(F)c(C(=O)N(C)CC2(O)CCNC2)c1. The minimum atomic E-state index is -0.912. The van der Waals surface area contributed by atoms with Gasteiger partial charge in [-0.05, 0) is 32.0 Å². The number of benzene rings is 1. The van der Waals surface area contributed by atoms with Crippen LogP contribution in [-0.2, 0) is 0 Å². The van der Waals surface area contributed by atoms with E-state index < -0.39 is 17.3 Å². The molecule has 1 aromatic carbocycles. The van der Waals surface area contributed by atoms with Gasteiger partial charge in [0.15, 0.2) is 0 Å². The van der Waals surface area contributed by atoms with E-state index in [0.29, 0.717) is 13.0 Å². The summed E-state index contributed by atoms with van der Waals surface area (Å²) in [6.45, 7) is 3.20. The summed E-state index contributed by atoms with van der Waals surface area (Å²) in [5.74, 6) is -0.930. The molecule has 0 aliphatic carbocycles. The molecule has 1 aromatic rings. The lowest BCUT2D eigenvalue weighted by Gasteiger charge is -2.28. The van der Waals surface area contributed by atoms with Gasteiger partial charge in [0, 0.05) is 13.6 Å². The van der Waals surface area contributed by atoms with Crippen molar-refractivity contribution in [3.8, 4) is 0 Å². The van der Waals surface area contributed by atoms with Gasteiger partial charge in [0.25, 0.3) is 5.91 Å². The third-order valence-corrected chi connectivity index (χ3v) is 3.45. The zero-order valence-corrected chi connectivity index (χ0v) is 11.2. The molecule has 104 valence electrons. The van der Waals surface area contributed by atoms with Crippen LogP contribution in [0.4, 0.5) is 4.39 Å². The highest BCUT2D eigenvalue weighted by Gasteiger charge is 2.33. The lowest BCUT2D eigenvalue weighted by Crippen LogP contribution is -2.45. The molecule has 1 aliphatic rings. The highest BCUT2D eigenvalue weighted by molar-refractivity contribution is 5.94. The van der Waals surface area contributed by atoms with Crippen LogP contribution in [-0.4, -0.2) is 48.2 Å². The molecule has 0 spiro atoms. The molecule has 19 heavy (non-hydrogen) atoms. The van der Waals surface area contributed by atoms with Gasteiger partial charge >= 0.3 is 0 Å². The Kier molecular flexibility index (Phi) is 3.87. The predicted molar refractivity (Wildman–Crippen MR) is 70.5 cm³/mol. The molecule has 0 radical (unpaired) electrons. The number of hydrogen-bond donors (Lipinski definition) is 2. The van der Waals surface area contributed by atoms with Crippen LogP contribution in [0, 0.1) is 12.7 Å². The van der Waals surface area contributed by atoms with Gasteiger partial charge in [-0.25, -0.2) is 4.39 Å². The highest BCUT2D eigenvalue weighted by atomic mass is 19.1. The van der Waals surface area contributed by atoms with Crippen molar-refractivity contribution in [1.82, 2.24) is 10.2 Å². The number of aryl methyl sites for hydroxylation is 1. The number of likely N-dealkylation sites (N-methyl/N-ethyl adjacent to an activating group) is 1. The molecule has 0 saturated carbocycles. The summed E-state index contributed by atoms with van der Waals surface area (Å²) in [6, 6.07) is 4.45. The molecule has 1 unspecified atom stereocenters. The van der Waals surface area contributed by atoms with Crippen molar-refractivity contribution in [3.05, 3.63) is 35.1 Å². The zero-order valence-electron chi connectivity index (χ0n) is 11.2. The Labute approximate surface area is 112 Å². The van der Waals surface area contributed by atoms with Crippen LogP contribution in [0.5, 0.6) is 0 Å². The molecule has 0 aromatic heterocycles. The largest absolute Gasteiger partial charge is 0.387 e. The number of halogens is 1. The smallest absolute Gasteiger partial charge is 0.256 e. The Morgan fingerprint density at radius 3 is 2.95 bits per heavy atom. The fourth-order valence-corrected chi connectivity index (χ4v) is 2.39. The number of carbonyl (C=O) groups excluding carboxylic acids is 1. The molecule has 1 heterocycles. The number of nitrogens with one attached hydrogen (secondary N) is 1. The summed E-state index contributed by atoms with van der Waals surface area (Å²) in [7, 11) is 1.58. The average Bonchev–Trinajstić information content (AvgIpc) is 2.78. The number of carbonyl (C=O) groups is 1. The summed E-state index contributed by atoms with van der Waals surface area (Å²) in [4.78, 5) is 13.6. The lowest BCUT2D eigenvalue weighted by atomic mass is 10.0. The summed E-state index contributed by atoms with van der Waals surface area (Å²) in [5.41, 5.74) is -0.0264. The van der Waals surface area contributed by atoms with Crippen LogP contribution in [0.1, 0.15) is 22.3 Å².